The van der Waals surface area contributed by atoms with Gasteiger partial charge in [-0.1, -0.05) is 0 Å². The molecule has 1 heterocycles. The zero-order valence-electron chi connectivity index (χ0n) is 9.51. The molecule has 1 aromatic rings. The molecule has 0 aliphatic rings. The number of aliphatic carboxylic acids is 1. The number of carbonyl (C=O) groups is 2. The minimum Gasteiger partial charge on any atom is -0.480 e. The fourth-order valence-electron chi connectivity index (χ4n) is 1.08. The van der Waals surface area contributed by atoms with E-state index in [1.165, 1.54) is 19.5 Å². The summed E-state index contributed by atoms with van der Waals surface area (Å²) in [6, 6.07) is -1.10. The third kappa shape index (κ3) is 3.80. The van der Waals surface area contributed by atoms with Gasteiger partial charge in [-0.2, -0.15) is 0 Å². The molecule has 0 saturated carbocycles. The molecule has 1 rings (SSSR count). The van der Waals surface area contributed by atoms with Crippen molar-refractivity contribution in [3.63, 3.8) is 0 Å². The average molecular weight is 239 g/mol. The summed E-state index contributed by atoms with van der Waals surface area (Å²) in [7, 11) is 1.35. The number of ether oxygens (including phenoxy) is 1. The first-order valence-electron chi connectivity index (χ1n) is 4.86. The number of carboxylic acid groups (broad SMARTS) is 1. The minimum atomic E-state index is -1.17. The minimum absolute atomic E-state index is 0.0675. The van der Waals surface area contributed by atoms with Gasteiger partial charge in [0.1, 0.15) is 5.69 Å². The number of carbonyl (C=O) groups excluding carboxylic acids is 1. The largest absolute Gasteiger partial charge is 0.480 e. The Bertz CT molecular complexity index is 405. The SMILES string of the molecule is COCC(NC(=O)c1cnc(C)cn1)C(=O)O. The third-order valence-electron chi connectivity index (χ3n) is 1.95. The predicted octanol–water partition coefficient (Wildman–Crippen LogP) is -0.386. The Balaban J connectivity index is 2.70. The summed E-state index contributed by atoms with van der Waals surface area (Å²) in [5, 5.41) is 11.1. The number of methoxy groups -OCH3 is 1. The van der Waals surface area contributed by atoms with Crippen molar-refractivity contribution in [2.45, 2.75) is 13.0 Å². The maximum atomic E-state index is 11.6. The maximum Gasteiger partial charge on any atom is 0.328 e. The van der Waals surface area contributed by atoms with Gasteiger partial charge in [0.25, 0.3) is 5.91 Å². The molecule has 0 fully saturated rings. The number of aromatic nitrogens is 2. The highest BCUT2D eigenvalue weighted by Crippen LogP contribution is 1.96. The van der Waals surface area contributed by atoms with Crippen molar-refractivity contribution < 1.29 is 19.4 Å². The molecule has 1 atom stereocenters. The van der Waals surface area contributed by atoms with Crippen LogP contribution in [0.3, 0.4) is 0 Å². The Morgan fingerprint density at radius 1 is 1.47 bits per heavy atom. The number of aryl methyl sites for hydroxylation is 1. The van der Waals surface area contributed by atoms with Crippen LogP contribution in [0.2, 0.25) is 0 Å². The van der Waals surface area contributed by atoms with E-state index < -0.39 is 17.9 Å². The van der Waals surface area contributed by atoms with Gasteiger partial charge < -0.3 is 15.2 Å². The van der Waals surface area contributed by atoms with E-state index in [0.717, 1.165) is 0 Å². The second kappa shape index (κ2) is 5.90. The normalized spacial score (nSPS) is 11.9. The summed E-state index contributed by atoms with van der Waals surface area (Å²) in [6.07, 6.45) is 2.72. The van der Waals surface area contributed by atoms with E-state index in [0.29, 0.717) is 5.69 Å². The van der Waals surface area contributed by atoms with E-state index in [4.69, 9.17) is 5.11 Å². The standard InChI is InChI=1S/C10H13N3O4/c1-6-3-12-7(4-11-6)9(14)13-8(5-17-2)10(15)16/h3-4,8H,5H2,1-2H3,(H,13,14)(H,15,16). The Morgan fingerprint density at radius 3 is 2.65 bits per heavy atom. The van der Waals surface area contributed by atoms with Crippen LogP contribution in [0.5, 0.6) is 0 Å². The van der Waals surface area contributed by atoms with Crippen molar-refractivity contribution in [1.29, 1.82) is 0 Å². The number of hydrogen-bond acceptors (Lipinski definition) is 5. The molecule has 0 saturated heterocycles. The molecule has 92 valence electrons. The number of nitrogens with zero attached hydrogens (tertiary/aromatic N) is 2. The molecule has 2 N–H and O–H groups in total. The zero-order chi connectivity index (χ0) is 12.8. The molecule has 0 aliphatic heterocycles. The summed E-state index contributed by atoms with van der Waals surface area (Å²) in [5.41, 5.74) is 0.742. The van der Waals surface area contributed by atoms with E-state index in [1.807, 2.05) is 0 Å². The second-order valence-corrected chi connectivity index (χ2v) is 3.36. The van der Waals surface area contributed by atoms with Gasteiger partial charge in [-0.05, 0) is 6.92 Å². The van der Waals surface area contributed by atoms with E-state index in [-0.39, 0.29) is 12.3 Å². The van der Waals surface area contributed by atoms with Gasteiger partial charge in [-0.3, -0.25) is 9.78 Å². The summed E-state index contributed by atoms with van der Waals surface area (Å²) in [6.45, 7) is 1.63. The molecule has 0 aliphatic carbocycles. The predicted molar refractivity (Wildman–Crippen MR) is 57.5 cm³/mol. The van der Waals surface area contributed by atoms with Crippen LogP contribution in [-0.4, -0.2) is 46.7 Å². The molecular weight excluding hydrogens is 226 g/mol. The Hall–Kier alpha value is -2.02. The molecule has 1 unspecified atom stereocenters. The van der Waals surface area contributed by atoms with Gasteiger partial charge >= 0.3 is 5.97 Å². The lowest BCUT2D eigenvalue weighted by Gasteiger charge is -2.12. The fraction of sp³-hybridized carbons (Fsp3) is 0.400. The molecule has 7 nitrogen and oxygen atoms in total. The molecule has 1 amide bonds. The van der Waals surface area contributed by atoms with Gasteiger partial charge in [0.15, 0.2) is 6.04 Å². The summed E-state index contributed by atoms with van der Waals surface area (Å²) in [5.74, 6) is -1.76. The Labute approximate surface area is 97.8 Å². The van der Waals surface area contributed by atoms with Crippen LogP contribution in [0, 0.1) is 6.92 Å². The molecule has 0 radical (unpaired) electrons. The molecule has 0 spiro atoms. The van der Waals surface area contributed by atoms with E-state index in [9.17, 15) is 9.59 Å². The number of hydrogen-bond donors (Lipinski definition) is 2. The van der Waals surface area contributed by atoms with E-state index in [1.54, 1.807) is 6.92 Å². The summed E-state index contributed by atoms with van der Waals surface area (Å²) >= 11 is 0. The monoisotopic (exact) mass is 239 g/mol. The van der Waals surface area contributed by atoms with Crippen LogP contribution < -0.4 is 5.32 Å². The van der Waals surface area contributed by atoms with Crippen LogP contribution in [0.15, 0.2) is 12.4 Å². The van der Waals surface area contributed by atoms with Crippen molar-refractivity contribution in [3.8, 4) is 0 Å². The molecule has 1 aromatic heterocycles. The van der Waals surface area contributed by atoms with Crippen LogP contribution >= 0.6 is 0 Å². The topological polar surface area (TPSA) is 101 Å². The summed E-state index contributed by atoms with van der Waals surface area (Å²) in [4.78, 5) is 30.1. The van der Waals surface area contributed by atoms with Crippen LogP contribution in [-0.2, 0) is 9.53 Å². The van der Waals surface area contributed by atoms with Gasteiger partial charge in [0.2, 0.25) is 0 Å². The van der Waals surface area contributed by atoms with Gasteiger partial charge in [-0.25, -0.2) is 9.78 Å². The van der Waals surface area contributed by atoms with Gasteiger partial charge in [0.05, 0.1) is 18.5 Å². The van der Waals surface area contributed by atoms with E-state index in [2.05, 4.69) is 20.0 Å². The smallest absolute Gasteiger partial charge is 0.328 e. The maximum absolute atomic E-state index is 11.6. The van der Waals surface area contributed by atoms with Crippen molar-refractivity contribution in [1.82, 2.24) is 15.3 Å². The quantitative estimate of drug-likeness (QED) is 0.726. The lowest BCUT2D eigenvalue weighted by atomic mass is 10.3. The molecule has 17 heavy (non-hydrogen) atoms. The first kappa shape index (κ1) is 13.0. The van der Waals surface area contributed by atoms with Crippen LogP contribution in [0.4, 0.5) is 0 Å². The molecule has 7 heteroatoms. The lowest BCUT2D eigenvalue weighted by Crippen LogP contribution is -2.44. The highest BCUT2D eigenvalue weighted by Gasteiger charge is 2.21. The van der Waals surface area contributed by atoms with Crippen molar-refractivity contribution in [3.05, 3.63) is 23.8 Å². The molecular formula is C10H13N3O4. The number of carboxylic acids is 1. The fourth-order valence-corrected chi connectivity index (χ4v) is 1.08. The van der Waals surface area contributed by atoms with Gasteiger partial charge in [-0.15, -0.1) is 0 Å². The zero-order valence-corrected chi connectivity index (χ0v) is 9.51. The number of nitrogens with one attached hydrogen (secondary N) is 1. The first-order valence-corrected chi connectivity index (χ1v) is 4.86. The molecule has 0 bridgehead atoms. The van der Waals surface area contributed by atoms with Crippen LogP contribution in [0.1, 0.15) is 16.2 Å². The second-order valence-electron chi connectivity index (χ2n) is 3.36. The van der Waals surface area contributed by atoms with Crippen molar-refractivity contribution >= 4 is 11.9 Å². The lowest BCUT2D eigenvalue weighted by molar-refractivity contribution is -0.140. The summed E-state index contributed by atoms with van der Waals surface area (Å²) < 4.78 is 4.69. The van der Waals surface area contributed by atoms with Crippen LogP contribution in [0.25, 0.3) is 0 Å². The highest BCUT2D eigenvalue weighted by molar-refractivity contribution is 5.94. The Morgan fingerprint density at radius 2 is 2.18 bits per heavy atom. The molecule has 0 aromatic carbocycles. The van der Waals surface area contributed by atoms with E-state index >= 15 is 0 Å². The Kier molecular flexibility index (Phi) is 4.53. The van der Waals surface area contributed by atoms with Crippen molar-refractivity contribution in [2.24, 2.45) is 0 Å². The first-order chi connectivity index (χ1) is 8.04. The average Bonchev–Trinajstić information content (AvgIpc) is 2.29. The highest BCUT2D eigenvalue weighted by atomic mass is 16.5. The van der Waals surface area contributed by atoms with Crippen molar-refractivity contribution in [2.75, 3.05) is 13.7 Å². The number of amides is 1. The van der Waals surface area contributed by atoms with Gasteiger partial charge in [0, 0.05) is 13.3 Å². The number of rotatable bonds is 5. The third-order valence-corrected chi connectivity index (χ3v) is 1.95.